The van der Waals surface area contributed by atoms with Crippen LogP contribution >= 0.6 is 11.6 Å². The van der Waals surface area contributed by atoms with E-state index < -0.39 is 11.6 Å². The Morgan fingerprint density at radius 2 is 1.83 bits per heavy atom. The molecule has 0 unspecified atom stereocenters. The largest absolute Gasteiger partial charge is 0.459 e. The van der Waals surface area contributed by atoms with Crippen molar-refractivity contribution in [1.29, 1.82) is 0 Å². The van der Waals surface area contributed by atoms with Gasteiger partial charge in [0, 0.05) is 21.8 Å². The first-order valence-corrected chi connectivity index (χ1v) is 8.01. The molecule has 126 valence electrons. The Morgan fingerprint density at radius 1 is 1.17 bits per heavy atom. The predicted molar refractivity (Wildman–Crippen MR) is 98.7 cm³/mol. The number of hydrogen-bond donors (Lipinski definition) is 1. The Labute approximate surface area is 147 Å². The molecule has 2 rings (SSSR count). The van der Waals surface area contributed by atoms with Gasteiger partial charge in [-0.25, -0.2) is 0 Å². The average molecular weight is 345 g/mol. The van der Waals surface area contributed by atoms with Crippen LogP contribution < -0.4 is 5.73 Å². The first-order chi connectivity index (χ1) is 11.3. The molecule has 0 radical (unpaired) electrons. The van der Waals surface area contributed by atoms with E-state index in [0.29, 0.717) is 22.0 Å². The summed E-state index contributed by atoms with van der Waals surface area (Å²) in [6.07, 6.45) is 0. The molecule has 0 aliphatic heterocycles. The lowest BCUT2D eigenvalue weighted by atomic mass is 10.0. The Bertz CT molecular complexity index is 750. The van der Waals surface area contributed by atoms with Gasteiger partial charge in [-0.3, -0.25) is 9.79 Å². The van der Waals surface area contributed by atoms with E-state index in [9.17, 15) is 4.79 Å². The fraction of sp³-hybridized carbons (Fsp3) is 0.263. The van der Waals surface area contributed by atoms with Crippen molar-refractivity contribution in [3.8, 4) is 0 Å². The first kappa shape index (κ1) is 18.0. The van der Waals surface area contributed by atoms with Crippen LogP contribution in [0.25, 0.3) is 0 Å². The summed E-state index contributed by atoms with van der Waals surface area (Å²) in [4.78, 5) is 16.4. The molecule has 0 atom stereocenters. The summed E-state index contributed by atoms with van der Waals surface area (Å²) in [7, 11) is 0. The third-order valence-corrected chi connectivity index (χ3v) is 3.34. The number of esters is 1. The van der Waals surface area contributed by atoms with Crippen LogP contribution in [-0.4, -0.2) is 23.8 Å². The number of hydrogen-bond acceptors (Lipinski definition) is 4. The summed E-state index contributed by atoms with van der Waals surface area (Å²) in [5.41, 5.74) is 8.24. The molecule has 5 heteroatoms. The van der Waals surface area contributed by atoms with Crippen LogP contribution in [-0.2, 0) is 9.53 Å². The SMILES string of the molecule is CC(C)(C)OC(=O)CN=C(c1ccccc1)c1cc(Cl)ccc1N. The number of benzene rings is 2. The minimum absolute atomic E-state index is 0.0898. The quantitative estimate of drug-likeness (QED) is 0.516. The van der Waals surface area contributed by atoms with Crippen LogP contribution in [0.2, 0.25) is 5.02 Å². The van der Waals surface area contributed by atoms with E-state index in [4.69, 9.17) is 22.1 Å². The van der Waals surface area contributed by atoms with E-state index in [1.165, 1.54) is 0 Å². The van der Waals surface area contributed by atoms with Crippen LogP contribution in [0, 0.1) is 0 Å². The Hall–Kier alpha value is -2.33. The van der Waals surface area contributed by atoms with E-state index in [1.807, 2.05) is 51.1 Å². The maximum atomic E-state index is 12.0. The molecule has 0 aliphatic carbocycles. The minimum Gasteiger partial charge on any atom is -0.459 e. The van der Waals surface area contributed by atoms with Gasteiger partial charge in [0.05, 0.1) is 5.71 Å². The molecular weight excluding hydrogens is 324 g/mol. The third kappa shape index (κ3) is 5.10. The monoisotopic (exact) mass is 344 g/mol. The second-order valence-corrected chi connectivity index (χ2v) is 6.79. The maximum absolute atomic E-state index is 12.0. The summed E-state index contributed by atoms with van der Waals surface area (Å²) in [5.74, 6) is -0.392. The van der Waals surface area contributed by atoms with E-state index >= 15 is 0 Å². The smallest absolute Gasteiger partial charge is 0.328 e. The van der Waals surface area contributed by atoms with Gasteiger partial charge in [0.1, 0.15) is 12.1 Å². The van der Waals surface area contributed by atoms with E-state index in [2.05, 4.69) is 4.99 Å². The van der Waals surface area contributed by atoms with Gasteiger partial charge >= 0.3 is 5.97 Å². The first-order valence-electron chi connectivity index (χ1n) is 7.63. The minimum atomic E-state index is -0.547. The number of ether oxygens (including phenoxy) is 1. The molecule has 0 heterocycles. The number of nitrogens with zero attached hydrogens (tertiary/aromatic N) is 1. The standard InChI is InChI=1S/C19H21ClN2O2/c1-19(2,3)24-17(23)12-22-18(13-7-5-4-6-8-13)15-11-14(20)9-10-16(15)21/h4-11H,12,21H2,1-3H3. The lowest BCUT2D eigenvalue weighted by Gasteiger charge is -2.19. The summed E-state index contributed by atoms with van der Waals surface area (Å²) in [5, 5.41) is 0.556. The van der Waals surface area contributed by atoms with Crippen molar-refractivity contribution in [1.82, 2.24) is 0 Å². The normalized spacial score (nSPS) is 12.1. The zero-order chi connectivity index (χ0) is 17.7. The second kappa shape index (κ2) is 7.49. The molecular formula is C19H21ClN2O2. The molecule has 0 aliphatic rings. The highest BCUT2D eigenvalue weighted by atomic mass is 35.5. The van der Waals surface area contributed by atoms with Gasteiger partial charge in [-0.15, -0.1) is 0 Å². The molecule has 2 N–H and O–H groups in total. The van der Waals surface area contributed by atoms with Crippen LogP contribution in [0.15, 0.2) is 53.5 Å². The van der Waals surface area contributed by atoms with Crippen LogP contribution in [0.4, 0.5) is 5.69 Å². The van der Waals surface area contributed by atoms with Crippen molar-refractivity contribution in [2.24, 2.45) is 4.99 Å². The molecule has 2 aromatic carbocycles. The molecule has 0 saturated carbocycles. The highest BCUT2D eigenvalue weighted by molar-refractivity contribution is 6.31. The van der Waals surface area contributed by atoms with Gasteiger partial charge in [0.25, 0.3) is 0 Å². The van der Waals surface area contributed by atoms with Crippen LogP contribution in [0.5, 0.6) is 0 Å². The van der Waals surface area contributed by atoms with Crippen LogP contribution in [0.3, 0.4) is 0 Å². The maximum Gasteiger partial charge on any atom is 0.328 e. The van der Waals surface area contributed by atoms with Crippen molar-refractivity contribution in [2.45, 2.75) is 26.4 Å². The van der Waals surface area contributed by atoms with Gasteiger partial charge in [-0.2, -0.15) is 0 Å². The van der Waals surface area contributed by atoms with Gasteiger partial charge in [0.15, 0.2) is 0 Å². The molecule has 4 nitrogen and oxygen atoms in total. The molecule has 0 bridgehead atoms. The van der Waals surface area contributed by atoms with Crippen LogP contribution in [0.1, 0.15) is 31.9 Å². The van der Waals surface area contributed by atoms with Crippen molar-refractivity contribution in [2.75, 3.05) is 12.3 Å². The number of nitrogen functional groups attached to an aromatic ring is 1. The van der Waals surface area contributed by atoms with E-state index in [0.717, 1.165) is 5.56 Å². The topological polar surface area (TPSA) is 64.7 Å². The zero-order valence-corrected chi connectivity index (χ0v) is 14.8. The molecule has 24 heavy (non-hydrogen) atoms. The Balaban J connectivity index is 2.39. The lowest BCUT2D eigenvalue weighted by molar-refractivity contribution is -0.152. The molecule has 0 spiro atoms. The number of carbonyl (C=O) groups is 1. The lowest BCUT2D eigenvalue weighted by Crippen LogP contribution is -2.25. The Morgan fingerprint density at radius 3 is 2.46 bits per heavy atom. The molecule has 2 aromatic rings. The van der Waals surface area contributed by atoms with E-state index in [-0.39, 0.29) is 6.54 Å². The van der Waals surface area contributed by atoms with E-state index in [1.54, 1.807) is 18.2 Å². The van der Waals surface area contributed by atoms with Gasteiger partial charge in [-0.1, -0.05) is 41.9 Å². The molecule has 0 saturated heterocycles. The highest BCUT2D eigenvalue weighted by Gasteiger charge is 2.17. The average Bonchev–Trinajstić information content (AvgIpc) is 2.50. The number of halogens is 1. The third-order valence-electron chi connectivity index (χ3n) is 3.10. The summed E-state index contributed by atoms with van der Waals surface area (Å²) >= 11 is 6.10. The van der Waals surface area contributed by atoms with Crippen molar-refractivity contribution in [3.63, 3.8) is 0 Å². The van der Waals surface area contributed by atoms with Gasteiger partial charge in [0.2, 0.25) is 0 Å². The number of aliphatic imine (C=N–C) groups is 1. The summed E-state index contributed by atoms with van der Waals surface area (Å²) in [6.45, 7) is 5.37. The number of nitrogens with two attached hydrogens (primary N) is 1. The van der Waals surface area contributed by atoms with Crippen molar-refractivity contribution in [3.05, 3.63) is 64.7 Å². The summed E-state index contributed by atoms with van der Waals surface area (Å²) in [6, 6.07) is 14.7. The fourth-order valence-corrected chi connectivity index (χ4v) is 2.35. The number of carbonyl (C=O) groups excluding carboxylic acids is 1. The fourth-order valence-electron chi connectivity index (χ4n) is 2.18. The zero-order valence-electron chi connectivity index (χ0n) is 14.0. The summed E-state index contributed by atoms with van der Waals surface area (Å²) < 4.78 is 5.31. The molecule has 0 amide bonds. The number of rotatable bonds is 4. The number of anilines is 1. The molecule has 0 fully saturated rings. The molecule has 0 aromatic heterocycles. The van der Waals surface area contributed by atoms with Crippen molar-refractivity contribution < 1.29 is 9.53 Å². The highest BCUT2D eigenvalue weighted by Crippen LogP contribution is 2.22. The Kier molecular flexibility index (Phi) is 5.62. The van der Waals surface area contributed by atoms with Gasteiger partial charge < -0.3 is 10.5 Å². The predicted octanol–water partition coefficient (Wildman–Crippen LogP) is 4.10. The second-order valence-electron chi connectivity index (χ2n) is 6.35. The van der Waals surface area contributed by atoms with Crippen molar-refractivity contribution >= 4 is 29.0 Å². The van der Waals surface area contributed by atoms with Gasteiger partial charge in [-0.05, 0) is 39.0 Å².